The average molecular weight is 510 g/mol. The zero-order valence-corrected chi connectivity index (χ0v) is 19.7. The second kappa shape index (κ2) is 10.5. The molecule has 0 saturated heterocycles. The van der Waals surface area contributed by atoms with Crippen molar-refractivity contribution in [2.45, 2.75) is 26.4 Å². The highest BCUT2D eigenvalue weighted by Crippen LogP contribution is 2.31. The molecule has 0 amide bonds. The minimum atomic E-state index is -0.184. The van der Waals surface area contributed by atoms with Crippen LogP contribution in [0.15, 0.2) is 83.0 Å². The van der Waals surface area contributed by atoms with Gasteiger partial charge in [-0.1, -0.05) is 55.5 Å². The van der Waals surface area contributed by atoms with E-state index in [0.717, 1.165) is 34.6 Å². The van der Waals surface area contributed by atoms with Gasteiger partial charge in [-0.2, -0.15) is 0 Å². The lowest BCUT2D eigenvalue weighted by Gasteiger charge is -2.22. The van der Waals surface area contributed by atoms with Gasteiger partial charge in [-0.15, -0.1) is 24.0 Å². The van der Waals surface area contributed by atoms with E-state index in [1.807, 2.05) is 42.8 Å². The third kappa shape index (κ3) is 5.14. The van der Waals surface area contributed by atoms with E-state index in [1.54, 1.807) is 0 Å². The van der Waals surface area contributed by atoms with Crippen LogP contribution in [0.4, 0.5) is 0 Å². The van der Waals surface area contributed by atoms with Crippen LogP contribution in [-0.2, 0) is 0 Å². The summed E-state index contributed by atoms with van der Waals surface area (Å²) in [5.41, 5.74) is 6.46. The third-order valence-electron chi connectivity index (χ3n) is 5.19. The van der Waals surface area contributed by atoms with Crippen LogP contribution in [0.25, 0.3) is 5.57 Å². The van der Waals surface area contributed by atoms with E-state index in [-0.39, 0.29) is 30.1 Å². The minimum Gasteiger partial charge on any atom is -0.365 e. The van der Waals surface area contributed by atoms with E-state index in [0.29, 0.717) is 12.5 Å². The van der Waals surface area contributed by atoms with E-state index in [4.69, 9.17) is 9.98 Å². The Balaban J connectivity index is 0.00000256. The lowest BCUT2D eigenvalue weighted by Crippen LogP contribution is -2.20. The summed E-state index contributed by atoms with van der Waals surface area (Å²) < 4.78 is 0. The van der Waals surface area contributed by atoms with Gasteiger partial charge in [-0.3, -0.25) is 9.98 Å². The summed E-state index contributed by atoms with van der Waals surface area (Å²) in [6.07, 6.45) is 25.3. The van der Waals surface area contributed by atoms with Crippen molar-refractivity contribution in [2.24, 2.45) is 15.9 Å². The molecule has 0 bridgehead atoms. The highest BCUT2D eigenvalue weighted by Gasteiger charge is 2.21. The SMILES string of the molecule is Cc1c(C2=NC\C=C/C=C/C=C/2)cc(C2N=CC=CN2)nc1C1=CC=CC(C)C1.I. The molecule has 3 heterocycles. The van der Waals surface area contributed by atoms with Crippen LogP contribution in [0, 0.1) is 12.8 Å². The van der Waals surface area contributed by atoms with Crippen molar-refractivity contribution >= 4 is 41.5 Å². The second-order valence-electron chi connectivity index (χ2n) is 7.45. The van der Waals surface area contributed by atoms with Gasteiger partial charge in [0.2, 0.25) is 0 Å². The lowest BCUT2D eigenvalue weighted by molar-refractivity contribution is 0.630. The molecule has 0 fully saturated rings. The molecular weight excluding hydrogens is 483 g/mol. The molecular formula is C25H27IN4. The molecule has 154 valence electrons. The van der Waals surface area contributed by atoms with E-state index in [1.165, 1.54) is 5.57 Å². The van der Waals surface area contributed by atoms with Crippen molar-refractivity contribution < 1.29 is 0 Å². The molecule has 4 rings (SSSR count). The maximum atomic E-state index is 5.05. The predicted octanol–water partition coefficient (Wildman–Crippen LogP) is 5.65. The summed E-state index contributed by atoms with van der Waals surface area (Å²) in [4.78, 5) is 14.4. The number of allylic oxidation sites excluding steroid dienone is 10. The monoisotopic (exact) mass is 510 g/mol. The lowest BCUT2D eigenvalue weighted by atomic mass is 9.89. The highest BCUT2D eigenvalue weighted by atomic mass is 127. The maximum Gasteiger partial charge on any atom is 0.161 e. The fraction of sp³-hybridized carbons (Fsp3) is 0.240. The smallest absolute Gasteiger partial charge is 0.161 e. The van der Waals surface area contributed by atoms with Crippen molar-refractivity contribution in [3.05, 3.63) is 95.5 Å². The van der Waals surface area contributed by atoms with Crippen LogP contribution >= 0.6 is 24.0 Å². The molecule has 30 heavy (non-hydrogen) atoms. The third-order valence-corrected chi connectivity index (χ3v) is 5.19. The molecule has 2 unspecified atom stereocenters. The molecule has 5 heteroatoms. The summed E-state index contributed by atoms with van der Waals surface area (Å²) >= 11 is 0. The molecule has 3 aliphatic rings. The zero-order chi connectivity index (χ0) is 20.1. The first-order valence-electron chi connectivity index (χ1n) is 10.1. The molecule has 2 atom stereocenters. The average Bonchev–Trinajstić information content (AvgIpc) is 2.89. The number of halogens is 1. The van der Waals surface area contributed by atoms with Gasteiger partial charge in [-0.05, 0) is 54.8 Å². The normalized spacial score (nSPS) is 25.5. The minimum absolute atomic E-state index is 0. The Hall–Kier alpha value is -2.54. The first kappa shape index (κ1) is 22.2. The van der Waals surface area contributed by atoms with Gasteiger partial charge < -0.3 is 5.32 Å². The van der Waals surface area contributed by atoms with Gasteiger partial charge in [0.25, 0.3) is 0 Å². The van der Waals surface area contributed by atoms with Crippen LogP contribution in [0.2, 0.25) is 0 Å². The van der Waals surface area contributed by atoms with Crippen molar-refractivity contribution in [1.29, 1.82) is 0 Å². The Bertz CT molecular complexity index is 1020. The van der Waals surface area contributed by atoms with Crippen LogP contribution in [0.1, 0.15) is 42.0 Å². The molecule has 0 saturated carbocycles. The second-order valence-corrected chi connectivity index (χ2v) is 7.45. The number of aliphatic imine (C=N–C) groups is 2. The Kier molecular flexibility index (Phi) is 7.74. The van der Waals surface area contributed by atoms with Crippen molar-refractivity contribution in [2.75, 3.05) is 6.54 Å². The first-order chi connectivity index (χ1) is 14.2. The van der Waals surface area contributed by atoms with Gasteiger partial charge in [0.05, 0.1) is 23.6 Å². The van der Waals surface area contributed by atoms with Gasteiger partial charge in [0.1, 0.15) is 0 Å². The van der Waals surface area contributed by atoms with Crippen molar-refractivity contribution in [3.8, 4) is 0 Å². The molecule has 0 aromatic carbocycles. The Labute approximate surface area is 195 Å². The highest BCUT2D eigenvalue weighted by molar-refractivity contribution is 14.0. The molecule has 1 N–H and O–H groups in total. The largest absolute Gasteiger partial charge is 0.365 e. The fourth-order valence-corrected chi connectivity index (χ4v) is 3.69. The standard InChI is InChI=1S/C25H26N4.HI/c1-18-10-8-11-20(16-18)24-19(2)21(22-12-6-4-3-5-7-13-26-22)17-23(29-24)25-27-14-9-15-28-25;/h3-12,14-15,17-18,25,27H,13,16H2,1-2H3;1H/b4-3+,7-5-,12-6+,26-22?;. The van der Waals surface area contributed by atoms with Gasteiger partial charge in [0.15, 0.2) is 6.17 Å². The van der Waals surface area contributed by atoms with Gasteiger partial charge in [-0.25, -0.2) is 4.98 Å². The molecule has 0 spiro atoms. The summed E-state index contributed by atoms with van der Waals surface area (Å²) in [5.74, 6) is 0.509. The Morgan fingerprint density at radius 3 is 2.73 bits per heavy atom. The topological polar surface area (TPSA) is 49.6 Å². The number of aromatic nitrogens is 1. The number of nitrogens with zero attached hydrogens (tertiary/aromatic N) is 3. The number of rotatable bonds is 3. The zero-order valence-electron chi connectivity index (χ0n) is 17.3. The van der Waals surface area contributed by atoms with Crippen molar-refractivity contribution in [3.63, 3.8) is 0 Å². The molecule has 1 aromatic heterocycles. The molecule has 2 aliphatic heterocycles. The number of pyridine rings is 1. The van der Waals surface area contributed by atoms with Crippen LogP contribution in [0.5, 0.6) is 0 Å². The van der Waals surface area contributed by atoms with E-state index >= 15 is 0 Å². The maximum absolute atomic E-state index is 5.05. The summed E-state index contributed by atoms with van der Waals surface area (Å²) in [5, 5.41) is 3.30. The molecule has 4 nitrogen and oxygen atoms in total. The Morgan fingerprint density at radius 2 is 1.93 bits per heavy atom. The summed E-state index contributed by atoms with van der Waals surface area (Å²) in [7, 11) is 0. The molecule has 1 aliphatic carbocycles. The van der Waals surface area contributed by atoms with Crippen LogP contribution in [0.3, 0.4) is 0 Å². The summed E-state index contributed by atoms with van der Waals surface area (Å²) in [6, 6.07) is 2.13. The number of nitrogens with one attached hydrogen (secondary N) is 1. The quantitative estimate of drug-likeness (QED) is 0.535. The van der Waals surface area contributed by atoms with Crippen LogP contribution in [-0.4, -0.2) is 23.5 Å². The predicted molar refractivity (Wildman–Crippen MR) is 138 cm³/mol. The molecule has 1 aromatic rings. The number of hydrogen-bond donors (Lipinski definition) is 1. The number of hydrogen-bond acceptors (Lipinski definition) is 4. The fourth-order valence-electron chi connectivity index (χ4n) is 3.69. The van der Waals surface area contributed by atoms with E-state index in [9.17, 15) is 0 Å². The summed E-state index contributed by atoms with van der Waals surface area (Å²) in [6.45, 7) is 5.05. The molecule has 0 radical (unpaired) electrons. The Morgan fingerprint density at radius 1 is 1.07 bits per heavy atom. The first-order valence-corrected chi connectivity index (χ1v) is 10.1. The van der Waals surface area contributed by atoms with Gasteiger partial charge in [0, 0.05) is 11.8 Å². The van der Waals surface area contributed by atoms with Gasteiger partial charge >= 0.3 is 0 Å². The van der Waals surface area contributed by atoms with E-state index < -0.39 is 0 Å². The van der Waals surface area contributed by atoms with Crippen molar-refractivity contribution in [1.82, 2.24) is 10.3 Å². The van der Waals surface area contributed by atoms with Crippen LogP contribution < -0.4 is 5.32 Å². The van der Waals surface area contributed by atoms with E-state index in [2.05, 4.69) is 60.6 Å².